The number of nitrogens with one attached hydrogen (secondary N) is 1. The molecular weight excluding hydrogens is 446 g/mol. The summed E-state index contributed by atoms with van der Waals surface area (Å²) in [5.74, 6) is 0.784. The van der Waals surface area contributed by atoms with E-state index in [4.69, 9.17) is 14.7 Å². The van der Waals surface area contributed by atoms with Crippen LogP contribution in [0.2, 0.25) is 0 Å². The number of rotatable bonds is 7. The lowest BCUT2D eigenvalue weighted by Crippen LogP contribution is -2.18. The molecule has 0 atom stereocenters. The van der Waals surface area contributed by atoms with Gasteiger partial charge in [-0.15, -0.1) is 0 Å². The molecule has 0 aliphatic rings. The molecule has 6 nitrogen and oxygen atoms in total. The standard InChI is InChI=1S/C23H18BrN3O3/c1-29-22-12-17(14-26-27-23(28)19-7-2-3-8-20(19)24)9-10-21(22)30-15-18-6-4-5-16(11-18)13-25/h2-12,14H,15H2,1H3,(H,27,28)/b26-14-. The number of amides is 1. The Balaban J connectivity index is 1.65. The molecule has 30 heavy (non-hydrogen) atoms. The smallest absolute Gasteiger partial charge is 0.272 e. The van der Waals surface area contributed by atoms with Crippen LogP contribution in [0, 0.1) is 11.3 Å². The van der Waals surface area contributed by atoms with Crippen LogP contribution in [0.15, 0.2) is 76.3 Å². The van der Waals surface area contributed by atoms with E-state index in [-0.39, 0.29) is 5.91 Å². The number of benzene rings is 3. The van der Waals surface area contributed by atoms with Crippen molar-refractivity contribution in [1.29, 1.82) is 5.26 Å². The molecule has 0 aliphatic carbocycles. The molecular formula is C23H18BrN3O3. The lowest BCUT2D eigenvalue weighted by atomic mass is 10.1. The number of hydrazone groups is 1. The van der Waals surface area contributed by atoms with Gasteiger partial charge >= 0.3 is 0 Å². The maximum Gasteiger partial charge on any atom is 0.272 e. The molecule has 0 aliphatic heterocycles. The van der Waals surface area contributed by atoms with E-state index in [0.29, 0.717) is 33.7 Å². The average molecular weight is 464 g/mol. The molecule has 1 N–H and O–H groups in total. The summed E-state index contributed by atoms with van der Waals surface area (Å²) in [4.78, 5) is 12.2. The zero-order chi connectivity index (χ0) is 21.3. The molecule has 0 bridgehead atoms. The van der Waals surface area contributed by atoms with Gasteiger partial charge in [-0.05, 0) is 69.5 Å². The first kappa shape index (κ1) is 21.1. The number of methoxy groups -OCH3 is 1. The van der Waals surface area contributed by atoms with Gasteiger partial charge in [0, 0.05) is 4.47 Å². The Hall–Kier alpha value is -3.63. The summed E-state index contributed by atoms with van der Waals surface area (Å²) in [6.45, 7) is 0.307. The lowest BCUT2D eigenvalue weighted by Gasteiger charge is -2.11. The molecule has 0 heterocycles. The molecule has 0 aromatic heterocycles. The Kier molecular flexibility index (Phi) is 7.19. The summed E-state index contributed by atoms with van der Waals surface area (Å²) in [6.07, 6.45) is 1.53. The van der Waals surface area contributed by atoms with Crippen molar-refractivity contribution in [3.63, 3.8) is 0 Å². The first-order valence-electron chi connectivity index (χ1n) is 8.98. The summed E-state index contributed by atoms with van der Waals surface area (Å²) in [5, 5.41) is 13.0. The van der Waals surface area contributed by atoms with Gasteiger partial charge in [-0.25, -0.2) is 5.43 Å². The molecule has 1 amide bonds. The Bertz CT molecular complexity index is 1120. The number of hydrogen-bond acceptors (Lipinski definition) is 5. The van der Waals surface area contributed by atoms with E-state index in [0.717, 1.165) is 11.1 Å². The minimum absolute atomic E-state index is 0.307. The van der Waals surface area contributed by atoms with Crippen LogP contribution in [-0.2, 0) is 6.61 Å². The largest absolute Gasteiger partial charge is 0.493 e. The molecule has 3 aromatic rings. The number of nitriles is 1. The summed E-state index contributed by atoms with van der Waals surface area (Å²) in [7, 11) is 1.55. The van der Waals surface area contributed by atoms with Gasteiger partial charge in [0.15, 0.2) is 11.5 Å². The number of carbonyl (C=O) groups is 1. The zero-order valence-electron chi connectivity index (χ0n) is 16.1. The van der Waals surface area contributed by atoms with E-state index in [1.807, 2.05) is 18.2 Å². The van der Waals surface area contributed by atoms with Crippen LogP contribution in [0.4, 0.5) is 0 Å². The Morgan fingerprint density at radius 2 is 1.97 bits per heavy atom. The first-order valence-corrected chi connectivity index (χ1v) is 9.78. The summed E-state index contributed by atoms with van der Waals surface area (Å²) < 4.78 is 11.9. The van der Waals surface area contributed by atoms with Crippen molar-refractivity contribution < 1.29 is 14.3 Å². The minimum atomic E-state index is -0.315. The van der Waals surface area contributed by atoms with Crippen LogP contribution in [0.3, 0.4) is 0 Å². The predicted molar refractivity (Wildman–Crippen MR) is 118 cm³/mol. The van der Waals surface area contributed by atoms with E-state index in [1.54, 1.807) is 55.6 Å². The van der Waals surface area contributed by atoms with Crippen LogP contribution < -0.4 is 14.9 Å². The number of hydrogen-bond donors (Lipinski definition) is 1. The number of halogens is 1. The predicted octanol–water partition coefficient (Wildman–Crippen LogP) is 4.67. The molecule has 0 saturated carbocycles. The highest BCUT2D eigenvalue weighted by molar-refractivity contribution is 9.10. The lowest BCUT2D eigenvalue weighted by molar-refractivity contribution is 0.0954. The van der Waals surface area contributed by atoms with Crippen LogP contribution in [0.25, 0.3) is 0 Å². The Morgan fingerprint density at radius 1 is 1.13 bits per heavy atom. The molecule has 3 aromatic carbocycles. The van der Waals surface area contributed by atoms with Gasteiger partial charge in [0.05, 0.1) is 30.5 Å². The van der Waals surface area contributed by atoms with Crippen LogP contribution >= 0.6 is 15.9 Å². The third kappa shape index (κ3) is 5.46. The minimum Gasteiger partial charge on any atom is -0.493 e. The van der Waals surface area contributed by atoms with Gasteiger partial charge in [0.25, 0.3) is 5.91 Å². The van der Waals surface area contributed by atoms with E-state index < -0.39 is 0 Å². The highest BCUT2D eigenvalue weighted by Crippen LogP contribution is 2.28. The SMILES string of the molecule is COc1cc(/C=N\NC(=O)c2ccccc2Br)ccc1OCc1cccc(C#N)c1. The maximum absolute atomic E-state index is 12.2. The Labute approximate surface area is 182 Å². The van der Waals surface area contributed by atoms with Gasteiger partial charge in [-0.1, -0.05) is 24.3 Å². The summed E-state index contributed by atoms with van der Waals surface area (Å²) in [5.41, 5.74) is 5.20. The van der Waals surface area contributed by atoms with Gasteiger partial charge in [-0.2, -0.15) is 10.4 Å². The van der Waals surface area contributed by atoms with Crippen LogP contribution in [0.5, 0.6) is 11.5 Å². The van der Waals surface area contributed by atoms with E-state index >= 15 is 0 Å². The van der Waals surface area contributed by atoms with Crippen LogP contribution in [-0.4, -0.2) is 19.2 Å². The molecule has 150 valence electrons. The zero-order valence-corrected chi connectivity index (χ0v) is 17.7. The average Bonchev–Trinajstić information content (AvgIpc) is 2.78. The normalized spacial score (nSPS) is 10.4. The highest BCUT2D eigenvalue weighted by Gasteiger charge is 2.08. The molecule has 0 saturated heterocycles. The fourth-order valence-corrected chi connectivity index (χ4v) is 3.11. The van der Waals surface area contributed by atoms with Crippen molar-refractivity contribution in [1.82, 2.24) is 5.43 Å². The van der Waals surface area contributed by atoms with E-state index in [9.17, 15) is 4.79 Å². The van der Waals surface area contributed by atoms with Crippen molar-refractivity contribution in [3.05, 3.63) is 93.5 Å². The van der Waals surface area contributed by atoms with Crippen molar-refractivity contribution in [2.75, 3.05) is 7.11 Å². The van der Waals surface area contributed by atoms with E-state index in [2.05, 4.69) is 32.5 Å². The van der Waals surface area contributed by atoms with Gasteiger partial charge < -0.3 is 9.47 Å². The quantitative estimate of drug-likeness (QED) is 0.407. The molecule has 7 heteroatoms. The topological polar surface area (TPSA) is 83.7 Å². The number of carbonyl (C=O) groups excluding carboxylic acids is 1. The molecule has 0 spiro atoms. The number of ether oxygens (including phenoxy) is 2. The van der Waals surface area contributed by atoms with Crippen molar-refractivity contribution >= 4 is 28.1 Å². The molecule has 0 radical (unpaired) electrons. The first-order chi connectivity index (χ1) is 14.6. The van der Waals surface area contributed by atoms with Crippen molar-refractivity contribution in [2.45, 2.75) is 6.61 Å². The molecule has 0 fully saturated rings. The monoisotopic (exact) mass is 463 g/mol. The van der Waals surface area contributed by atoms with Crippen molar-refractivity contribution in [3.8, 4) is 17.6 Å². The third-order valence-corrected chi connectivity index (χ3v) is 4.83. The third-order valence-electron chi connectivity index (χ3n) is 4.14. The molecule has 3 rings (SSSR count). The van der Waals surface area contributed by atoms with Gasteiger partial charge in [-0.3, -0.25) is 4.79 Å². The fourth-order valence-electron chi connectivity index (χ4n) is 2.65. The maximum atomic E-state index is 12.2. The second-order valence-electron chi connectivity index (χ2n) is 6.19. The Morgan fingerprint density at radius 3 is 2.73 bits per heavy atom. The second-order valence-corrected chi connectivity index (χ2v) is 7.04. The molecule has 0 unspecified atom stereocenters. The van der Waals surface area contributed by atoms with Gasteiger partial charge in [0.1, 0.15) is 6.61 Å². The number of nitrogens with zero attached hydrogens (tertiary/aromatic N) is 2. The summed E-state index contributed by atoms with van der Waals surface area (Å²) >= 11 is 3.34. The van der Waals surface area contributed by atoms with Crippen LogP contribution in [0.1, 0.15) is 27.0 Å². The second kappa shape index (κ2) is 10.2. The fraction of sp³-hybridized carbons (Fsp3) is 0.0870. The van der Waals surface area contributed by atoms with Gasteiger partial charge in [0.2, 0.25) is 0 Å². The summed E-state index contributed by atoms with van der Waals surface area (Å²) in [6, 6.07) is 21.8. The van der Waals surface area contributed by atoms with E-state index in [1.165, 1.54) is 6.21 Å². The highest BCUT2D eigenvalue weighted by atomic mass is 79.9. The van der Waals surface area contributed by atoms with Crippen molar-refractivity contribution in [2.24, 2.45) is 5.10 Å².